The lowest BCUT2D eigenvalue weighted by Gasteiger charge is -2.14. The summed E-state index contributed by atoms with van der Waals surface area (Å²) >= 11 is 3.46. The van der Waals surface area contributed by atoms with Crippen LogP contribution in [-0.4, -0.2) is 12.0 Å². The van der Waals surface area contributed by atoms with E-state index in [2.05, 4.69) is 77.6 Å². The molecule has 0 atom stereocenters. The minimum absolute atomic E-state index is 0.983. The minimum atomic E-state index is 0.983. The predicted molar refractivity (Wildman–Crippen MR) is 140 cm³/mol. The van der Waals surface area contributed by atoms with E-state index >= 15 is 0 Å². The first kappa shape index (κ1) is 23.9. The maximum absolute atomic E-state index is 4.86. The van der Waals surface area contributed by atoms with Crippen LogP contribution in [0, 0.1) is 0 Å². The lowest BCUT2D eigenvalue weighted by molar-refractivity contribution is -0.426. The summed E-state index contributed by atoms with van der Waals surface area (Å²) in [6.07, 6.45) is 4.21. The second kappa shape index (κ2) is 11.7. The quantitative estimate of drug-likeness (QED) is 0.312. The van der Waals surface area contributed by atoms with Crippen LogP contribution < -0.4 is 9.88 Å². The van der Waals surface area contributed by atoms with Gasteiger partial charge in [0.25, 0.3) is 0 Å². The Morgan fingerprint density at radius 2 is 1.62 bits per heavy atom. The molecule has 3 nitrogen and oxygen atoms in total. The Balaban J connectivity index is 0.000000686. The Labute approximate surface area is 200 Å². The number of thioether (sulfide) groups is 1. The molecule has 4 aromatic rings. The maximum atomic E-state index is 4.86. The van der Waals surface area contributed by atoms with Crippen LogP contribution >= 0.6 is 23.5 Å². The fourth-order valence-electron chi connectivity index (χ4n) is 3.28. The highest BCUT2D eigenvalue weighted by atomic mass is 32.2. The summed E-state index contributed by atoms with van der Waals surface area (Å²) in [4.78, 5) is 11.7. The molecule has 1 N–H and O–H groups in total. The van der Waals surface area contributed by atoms with Gasteiger partial charge < -0.3 is 4.90 Å². The molecule has 2 aromatic heterocycles. The van der Waals surface area contributed by atoms with Crippen molar-refractivity contribution in [3.05, 3.63) is 89.6 Å². The number of pyridine rings is 2. The number of fused-ring (bicyclic) bond motifs is 2. The van der Waals surface area contributed by atoms with Crippen molar-refractivity contribution in [1.82, 2.24) is 4.98 Å². The van der Waals surface area contributed by atoms with E-state index < -0.39 is 0 Å². The molecule has 0 unspecified atom stereocenters. The smallest absolute Gasteiger partial charge is 0.244 e. The molecule has 0 bridgehead atoms. The zero-order valence-corrected chi connectivity index (χ0v) is 20.9. The van der Waals surface area contributed by atoms with Crippen molar-refractivity contribution in [2.24, 2.45) is 0 Å². The summed E-state index contributed by atoms with van der Waals surface area (Å²) < 4.78 is 0. The summed E-state index contributed by atoms with van der Waals surface area (Å²) in [7, 11) is 2.13. The number of aromatic amines is 1. The highest BCUT2D eigenvalue weighted by molar-refractivity contribution is 8.03. The van der Waals surface area contributed by atoms with Crippen LogP contribution in [-0.2, 0) is 0 Å². The number of rotatable bonds is 3. The highest BCUT2D eigenvalue weighted by Gasteiger charge is 2.21. The molecular formula is C27H30N3S2+. The number of nitrogens with one attached hydrogen (secondary N) is 1. The highest BCUT2D eigenvalue weighted by Crippen LogP contribution is 2.45. The Morgan fingerprint density at radius 1 is 0.906 bits per heavy atom. The molecule has 0 spiro atoms. The van der Waals surface area contributed by atoms with Crippen LogP contribution in [0.15, 0.2) is 99.0 Å². The van der Waals surface area contributed by atoms with Gasteiger partial charge in [-0.2, -0.15) is 0 Å². The molecule has 164 valence electrons. The average Bonchev–Trinajstić information content (AvgIpc) is 3.17. The molecule has 0 saturated carbocycles. The van der Waals surface area contributed by atoms with E-state index in [1.54, 1.807) is 11.8 Å². The molecule has 5 heteroatoms. The molecule has 0 fully saturated rings. The molecule has 1 aliphatic heterocycles. The van der Waals surface area contributed by atoms with Crippen molar-refractivity contribution >= 4 is 46.2 Å². The third-order valence-corrected chi connectivity index (χ3v) is 6.73. The van der Waals surface area contributed by atoms with Crippen molar-refractivity contribution in [2.75, 3.05) is 11.9 Å². The summed E-state index contributed by atoms with van der Waals surface area (Å²) in [5.74, 6) is 0. The van der Waals surface area contributed by atoms with E-state index in [9.17, 15) is 0 Å². The topological polar surface area (TPSA) is 30.3 Å². The van der Waals surface area contributed by atoms with E-state index in [1.165, 1.54) is 26.6 Å². The second-order valence-electron chi connectivity index (χ2n) is 6.51. The molecule has 0 radical (unpaired) electrons. The molecule has 1 aliphatic rings. The zero-order valence-electron chi connectivity index (χ0n) is 19.3. The number of H-pyrrole nitrogens is 1. The predicted octanol–water partition coefficient (Wildman–Crippen LogP) is 7.79. The van der Waals surface area contributed by atoms with Gasteiger partial charge in [-0.15, -0.1) is 0 Å². The number of hydrogen-bond donors (Lipinski definition) is 0. The van der Waals surface area contributed by atoms with E-state index in [-0.39, 0.29) is 0 Å². The Morgan fingerprint density at radius 3 is 2.38 bits per heavy atom. The van der Waals surface area contributed by atoms with Gasteiger partial charge in [-0.05, 0) is 53.7 Å². The van der Waals surface area contributed by atoms with E-state index in [0.717, 1.165) is 15.6 Å². The minimum Gasteiger partial charge on any atom is -0.338 e. The van der Waals surface area contributed by atoms with Gasteiger partial charge in [-0.25, -0.2) is 9.97 Å². The molecule has 0 amide bonds. The zero-order chi connectivity index (χ0) is 22.9. The van der Waals surface area contributed by atoms with Crippen LogP contribution in [0.4, 0.5) is 5.69 Å². The molecular weight excluding hydrogens is 430 g/mol. The van der Waals surface area contributed by atoms with E-state index in [4.69, 9.17) is 4.98 Å². The van der Waals surface area contributed by atoms with E-state index in [1.807, 2.05) is 63.9 Å². The largest absolute Gasteiger partial charge is 0.338 e. The maximum Gasteiger partial charge on any atom is 0.244 e. The third-order valence-electron chi connectivity index (χ3n) is 4.67. The summed E-state index contributed by atoms with van der Waals surface area (Å²) in [6.45, 7) is 8.00. The van der Waals surface area contributed by atoms with Crippen molar-refractivity contribution in [2.45, 2.75) is 42.6 Å². The van der Waals surface area contributed by atoms with Crippen LogP contribution in [0.5, 0.6) is 0 Å². The monoisotopic (exact) mass is 460 g/mol. The number of anilines is 1. The fourth-order valence-corrected chi connectivity index (χ4v) is 5.21. The third kappa shape index (κ3) is 5.34. The van der Waals surface area contributed by atoms with Gasteiger partial charge >= 0.3 is 0 Å². The van der Waals surface area contributed by atoms with Gasteiger partial charge in [0.05, 0.1) is 16.2 Å². The van der Waals surface area contributed by atoms with Gasteiger partial charge in [0.2, 0.25) is 5.03 Å². The van der Waals surface area contributed by atoms with Crippen molar-refractivity contribution in [3.63, 3.8) is 0 Å². The first-order chi connectivity index (χ1) is 15.8. The lowest BCUT2D eigenvalue weighted by atomic mass is 10.1. The Hall–Kier alpha value is -2.76. The standard InChI is InChI=1S/C23H17N3S2.2C2H6/c1-26-19-10-4-5-11-20(19)27-23(26)15-16-14-22(28-21-12-6-7-13-24-21)25-18-9-3-2-8-17(16)18;2*1-2/h2-15H,1H3;2*1-2H3/p+1. The number of para-hydroxylation sites is 2. The molecule has 32 heavy (non-hydrogen) atoms. The number of hydrogen-bond acceptors (Lipinski definition) is 4. The first-order valence-corrected chi connectivity index (χ1v) is 12.7. The lowest BCUT2D eigenvalue weighted by Crippen LogP contribution is -2.09. The van der Waals surface area contributed by atoms with E-state index in [0.29, 0.717) is 0 Å². The van der Waals surface area contributed by atoms with Gasteiger partial charge in [-0.1, -0.05) is 69.8 Å². The summed E-state index contributed by atoms with van der Waals surface area (Å²) in [5, 5.41) is 4.45. The summed E-state index contributed by atoms with van der Waals surface area (Å²) in [5.41, 5.74) is 3.45. The van der Waals surface area contributed by atoms with Crippen LogP contribution in [0.25, 0.3) is 17.0 Å². The number of nitrogens with zero attached hydrogens (tertiary/aromatic N) is 2. The van der Waals surface area contributed by atoms with Crippen molar-refractivity contribution in [3.8, 4) is 0 Å². The van der Waals surface area contributed by atoms with Gasteiger partial charge in [0, 0.05) is 29.5 Å². The van der Waals surface area contributed by atoms with Gasteiger partial charge in [-0.3, -0.25) is 0 Å². The number of aromatic nitrogens is 2. The Bertz CT molecular complexity index is 1190. The Kier molecular flexibility index (Phi) is 8.77. The fraction of sp³-hybridized carbons (Fsp3) is 0.185. The summed E-state index contributed by atoms with van der Waals surface area (Å²) in [6, 6.07) is 25.1. The SMILES string of the molecule is CC.CC.CN1C(=Cc2cc(Sc3cccc[nH+]3)nc3ccccc23)Sc2ccccc21. The first-order valence-electron chi connectivity index (χ1n) is 11.0. The molecule has 5 rings (SSSR count). The van der Waals surface area contributed by atoms with Crippen molar-refractivity contribution < 1.29 is 4.98 Å². The number of benzene rings is 2. The van der Waals surface area contributed by atoms with Crippen molar-refractivity contribution in [1.29, 1.82) is 0 Å². The second-order valence-corrected chi connectivity index (χ2v) is 8.63. The van der Waals surface area contributed by atoms with Crippen LogP contribution in [0.3, 0.4) is 0 Å². The normalized spacial score (nSPS) is 13.2. The molecule has 3 heterocycles. The van der Waals surface area contributed by atoms with Crippen LogP contribution in [0.1, 0.15) is 33.3 Å². The molecule has 2 aromatic carbocycles. The molecule has 0 saturated heterocycles. The van der Waals surface area contributed by atoms with Crippen LogP contribution in [0.2, 0.25) is 0 Å². The van der Waals surface area contributed by atoms with Gasteiger partial charge in [0.1, 0.15) is 5.03 Å². The molecule has 0 aliphatic carbocycles. The average molecular weight is 461 g/mol. The van der Waals surface area contributed by atoms with Gasteiger partial charge in [0.15, 0.2) is 6.20 Å².